The zero-order chi connectivity index (χ0) is 15.8. The fourth-order valence-corrected chi connectivity index (χ4v) is 4.49. The Balaban J connectivity index is 1.35. The minimum atomic E-state index is -0.0163. The standard InChI is InChI=1S/C18H24N2O3/c1-2-12-10-20-6-5-13(12)7-15(20)9-19-18(21)14-3-4-16-17(8-14)23-11-22-16/h3-4,8,12-13,15H,2,5-7,9-11H2,1H3,(H,19,21)/p+1/t12-,13-,15+/m0/s1. The largest absolute Gasteiger partial charge is 0.454 e. The molecule has 124 valence electrons. The molecule has 3 saturated heterocycles. The van der Waals surface area contributed by atoms with Gasteiger partial charge in [0.15, 0.2) is 11.5 Å². The molecule has 0 saturated carbocycles. The van der Waals surface area contributed by atoms with Gasteiger partial charge in [0.25, 0.3) is 5.91 Å². The van der Waals surface area contributed by atoms with Crippen LogP contribution in [0.25, 0.3) is 0 Å². The molecule has 5 heteroatoms. The molecule has 1 amide bonds. The highest BCUT2D eigenvalue weighted by atomic mass is 16.7. The van der Waals surface area contributed by atoms with Gasteiger partial charge in [-0.05, 0) is 30.5 Å². The van der Waals surface area contributed by atoms with E-state index in [1.165, 1.54) is 32.4 Å². The number of nitrogens with one attached hydrogen (secondary N) is 2. The van der Waals surface area contributed by atoms with E-state index in [9.17, 15) is 4.79 Å². The Kier molecular flexibility index (Phi) is 3.89. The van der Waals surface area contributed by atoms with Crippen LogP contribution in [0.2, 0.25) is 0 Å². The second kappa shape index (κ2) is 6.04. The summed E-state index contributed by atoms with van der Waals surface area (Å²) in [6, 6.07) is 5.95. The molecule has 5 rings (SSSR count). The number of hydrogen-bond acceptors (Lipinski definition) is 3. The van der Waals surface area contributed by atoms with E-state index in [-0.39, 0.29) is 12.7 Å². The zero-order valence-corrected chi connectivity index (χ0v) is 13.6. The number of piperidine rings is 3. The summed E-state index contributed by atoms with van der Waals surface area (Å²) in [6.45, 7) is 5.87. The van der Waals surface area contributed by atoms with Gasteiger partial charge in [-0.1, -0.05) is 6.92 Å². The van der Waals surface area contributed by atoms with Crippen molar-refractivity contribution in [1.82, 2.24) is 5.32 Å². The molecule has 4 heterocycles. The van der Waals surface area contributed by atoms with E-state index < -0.39 is 0 Å². The van der Waals surface area contributed by atoms with E-state index in [2.05, 4.69) is 12.2 Å². The summed E-state index contributed by atoms with van der Waals surface area (Å²) in [5.74, 6) is 3.11. The zero-order valence-electron chi connectivity index (χ0n) is 13.6. The van der Waals surface area contributed by atoms with Gasteiger partial charge in [-0.3, -0.25) is 4.79 Å². The Labute approximate surface area is 136 Å². The first-order valence-electron chi connectivity index (χ1n) is 8.77. The first-order chi connectivity index (χ1) is 11.2. The van der Waals surface area contributed by atoms with Crippen molar-refractivity contribution in [2.45, 2.75) is 32.2 Å². The second-order valence-electron chi connectivity index (χ2n) is 7.04. The molecule has 4 aliphatic rings. The Morgan fingerprint density at radius 1 is 1.35 bits per heavy atom. The Morgan fingerprint density at radius 3 is 3.00 bits per heavy atom. The Morgan fingerprint density at radius 2 is 2.22 bits per heavy atom. The number of amides is 1. The third-order valence-electron chi connectivity index (χ3n) is 5.86. The molecule has 2 bridgehead atoms. The molecule has 4 atom stereocenters. The maximum Gasteiger partial charge on any atom is 0.251 e. The van der Waals surface area contributed by atoms with Crippen LogP contribution in [0.1, 0.15) is 36.5 Å². The minimum Gasteiger partial charge on any atom is -0.454 e. The predicted octanol–water partition coefficient (Wildman–Crippen LogP) is 0.848. The molecule has 0 spiro atoms. The number of benzene rings is 1. The van der Waals surface area contributed by atoms with Crippen LogP contribution >= 0.6 is 0 Å². The molecule has 3 fully saturated rings. The van der Waals surface area contributed by atoms with Gasteiger partial charge in [-0.25, -0.2) is 0 Å². The van der Waals surface area contributed by atoms with Crippen LogP contribution in [0.3, 0.4) is 0 Å². The highest BCUT2D eigenvalue weighted by Gasteiger charge is 2.42. The fraction of sp³-hybridized carbons (Fsp3) is 0.611. The lowest BCUT2D eigenvalue weighted by Gasteiger charge is -2.46. The van der Waals surface area contributed by atoms with Gasteiger partial charge in [-0.15, -0.1) is 0 Å². The number of carbonyl (C=O) groups excluding carboxylic acids is 1. The molecule has 1 aromatic rings. The van der Waals surface area contributed by atoms with Crippen molar-refractivity contribution < 1.29 is 19.2 Å². The van der Waals surface area contributed by atoms with Gasteiger partial charge in [-0.2, -0.15) is 0 Å². The average molecular weight is 317 g/mol. The van der Waals surface area contributed by atoms with Gasteiger partial charge < -0.3 is 19.7 Å². The minimum absolute atomic E-state index is 0.0163. The van der Waals surface area contributed by atoms with Crippen molar-refractivity contribution in [1.29, 1.82) is 0 Å². The first kappa shape index (κ1) is 14.8. The van der Waals surface area contributed by atoms with Crippen LogP contribution in [-0.2, 0) is 0 Å². The predicted molar refractivity (Wildman–Crippen MR) is 85.9 cm³/mol. The number of ether oxygens (including phenoxy) is 2. The molecular formula is C18H25N2O3+. The van der Waals surface area contributed by atoms with E-state index in [1.54, 1.807) is 23.1 Å². The Hall–Kier alpha value is -1.75. The molecule has 5 nitrogen and oxygen atoms in total. The van der Waals surface area contributed by atoms with Gasteiger partial charge in [0.1, 0.15) is 6.04 Å². The summed E-state index contributed by atoms with van der Waals surface area (Å²) in [4.78, 5) is 14.1. The fourth-order valence-electron chi connectivity index (χ4n) is 4.49. The first-order valence-corrected chi connectivity index (χ1v) is 8.77. The number of hydrogen-bond donors (Lipinski definition) is 2. The summed E-state index contributed by atoms with van der Waals surface area (Å²) < 4.78 is 10.6. The van der Waals surface area contributed by atoms with Crippen molar-refractivity contribution >= 4 is 5.91 Å². The molecule has 23 heavy (non-hydrogen) atoms. The summed E-state index contributed by atoms with van der Waals surface area (Å²) in [6.07, 6.45) is 3.92. The maximum absolute atomic E-state index is 12.4. The smallest absolute Gasteiger partial charge is 0.251 e. The van der Waals surface area contributed by atoms with Crippen LogP contribution in [-0.4, -0.2) is 38.4 Å². The van der Waals surface area contributed by atoms with E-state index in [1.807, 2.05) is 0 Å². The van der Waals surface area contributed by atoms with E-state index in [0.29, 0.717) is 23.1 Å². The summed E-state index contributed by atoms with van der Waals surface area (Å²) in [7, 11) is 0. The average Bonchev–Trinajstić information content (AvgIpc) is 3.07. The topological polar surface area (TPSA) is 52.0 Å². The molecule has 1 aromatic carbocycles. The monoisotopic (exact) mass is 317 g/mol. The van der Waals surface area contributed by atoms with Gasteiger partial charge in [0, 0.05) is 24.3 Å². The molecule has 0 radical (unpaired) electrons. The molecule has 0 aliphatic carbocycles. The van der Waals surface area contributed by atoms with Crippen molar-refractivity contribution in [3.05, 3.63) is 23.8 Å². The summed E-state index contributed by atoms with van der Waals surface area (Å²) in [5.41, 5.74) is 0.645. The highest BCUT2D eigenvalue weighted by molar-refractivity contribution is 5.94. The van der Waals surface area contributed by atoms with Crippen LogP contribution in [0.5, 0.6) is 11.5 Å². The van der Waals surface area contributed by atoms with Gasteiger partial charge in [0.05, 0.1) is 19.6 Å². The van der Waals surface area contributed by atoms with E-state index in [0.717, 1.165) is 18.4 Å². The normalized spacial score (nSPS) is 31.2. The lowest BCUT2D eigenvalue weighted by Crippen LogP contribution is -3.20. The van der Waals surface area contributed by atoms with Crippen molar-refractivity contribution in [2.75, 3.05) is 26.4 Å². The van der Waals surface area contributed by atoms with E-state index >= 15 is 0 Å². The quantitative estimate of drug-likeness (QED) is 0.866. The summed E-state index contributed by atoms with van der Waals surface area (Å²) in [5, 5.41) is 3.12. The lowest BCUT2D eigenvalue weighted by atomic mass is 9.74. The van der Waals surface area contributed by atoms with Crippen molar-refractivity contribution in [3.63, 3.8) is 0 Å². The molecule has 1 unspecified atom stereocenters. The molecule has 4 aliphatic heterocycles. The van der Waals surface area contributed by atoms with Gasteiger partial charge in [0.2, 0.25) is 6.79 Å². The second-order valence-corrected chi connectivity index (χ2v) is 7.04. The molecule has 2 N–H and O–H groups in total. The number of carbonyl (C=O) groups is 1. The van der Waals surface area contributed by atoms with Crippen LogP contribution in [0, 0.1) is 11.8 Å². The highest BCUT2D eigenvalue weighted by Crippen LogP contribution is 2.32. The molecular weight excluding hydrogens is 292 g/mol. The summed E-state index contributed by atoms with van der Waals surface area (Å²) >= 11 is 0. The van der Waals surface area contributed by atoms with Gasteiger partial charge >= 0.3 is 0 Å². The molecule has 0 aromatic heterocycles. The Bertz CT molecular complexity index is 604. The van der Waals surface area contributed by atoms with Crippen LogP contribution in [0.15, 0.2) is 18.2 Å². The van der Waals surface area contributed by atoms with Crippen LogP contribution in [0.4, 0.5) is 0 Å². The number of rotatable bonds is 4. The van der Waals surface area contributed by atoms with Crippen molar-refractivity contribution in [2.24, 2.45) is 11.8 Å². The SMILES string of the molecule is CC[C@H]1C[NH+]2CC[C@H]1C[C@@H]2CNC(=O)c1ccc2c(c1)OCO2. The lowest BCUT2D eigenvalue weighted by molar-refractivity contribution is -0.945. The third kappa shape index (κ3) is 2.78. The van der Waals surface area contributed by atoms with Crippen molar-refractivity contribution in [3.8, 4) is 11.5 Å². The maximum atomic E-state index is 12.4. The number of fused-ring (bicyclic) bond motifs is 4. The van der Waals surface area contributed by atoms with Crippen LogP contribution < -0.4 is 19.7 Å². The van der Waals surface area contributed by atoms with E-state index in [4.69, 9.17) is 9.47 Å². The number of quaternary nitrogens is 1. The third-order valence-corrected chi connectivity index (χ3v) is 5.86.